The summed E-state index contributed by atoms with van der Waals surface area (Å²) in [5, 5.41) is 11.2. The fourth-order valence-corrected chi connectivity index (χ4v) is 3.82. The quantitative estimate of drug-likeness (QED) is 0.378. The molecule has 0 bridgehead atoms. The average molecular weight is 424 g/mol. The van der Waals surface area contributed by atoms with Gasteiger partial charge in [-0.2, -0.15) is 0 Å². The molecule has 1 unspecified atom stereocenters. The third-order valence-corrected chi connectivity index (χ3v) is 5.23. The summed E-state index contributed by atoms with van der Waals surface area (Å²) in [6.07, 6.45) is 1.52. The van der Waals surface area contributed by atoms with Crippen molar-refractivity contribution in [1.82, 2.24) is 4.90 Å². The van der Waals surface area contributed by atoms with Gasteiger partial charge in [0.15, 0.2) is 0 Å². The van der Waals surface area contributed by atoms with Crippen molar-refractivity contribution in [3.8, 4) is 11.5 Å². The van der Waals surface area contributed by atoms with Crippen LogP contribution in [0.5, 0.6) is 11.5 Å². The fourth-order valence-electron chi connectivity index (χ4n) is 3.82. The van der Waals surface area contributed by atoms with E-state index in [1.54, 1.807) is 24.3 Å². The Morgan fingerprint density at radius 3 is 2.35 bits per heavy atom. The molecule has 1 saturated heterocycles. The van der Waals surface area contributed by atoms with Gasteiger partial charge in [-0.3, -0.25) is 9.59 Å². The van der Waals surface area contributed by atoms with E-state index in [1.807, 2.05) is 45.0 Å². The first-order valence-electron chi connectivity index (χ1n) is 10.6. The fraction of sp³-hybridized carbons (Fsp3) is 0.360. The number of ether oxygens (including phenoxy) is 2. The zero-order valence-electron chi connectivity index (χ0n) is 18.4. The van der Waals surface area contributed by atoms with Gasteiger partial charge in [0, 0.05) is 12.1 Å². The van der Waals surface area contributed by atoms with Crippen LogP contribution in [0, 0.1) is 0 Å². The first-order valence-corrected chi connectivity index (χ1v) is 10.6. The van der Waals surface area contributed by atoms with E-state index in [4.69, 9.17) is 9.47 Å². The van der Waals surface area contributed by atoms with Gasteiger partial charge < -0.3 is 19.5 Å². The van der Waals surface area contributed by atoms with E-state index in [2.05, 4.69) is 0 Å². The molecule has 1 heterocycles. The van der Waals surface area contributed by atoms with E-state index in [1.165, 1.54) is 12.0 Å². The number of amides is 1. The number of likely N-dealkylation sites (tertiary alicyclic amines) is 1. The van der Waals surface area contributed by atoms with E-state index in [-0.39, 0.29) is 17.4 Å². The van der Waals surface area contributed by atoms with Crippen LogP contribution in [0.1, 0.15) is 50.8 Å². The summed E-state index contributed by atoms with van der Waals surface area (Å²) < 4.78 is 11.4. The third-order valence-electron chi connectivity index (χ3n) is 5.23. The maximum absolute atomic E-state index is 13.1. The van der Waals surface area contributed by atoms with Crippen LogP contribution in [0.15, 0.2) is 54.1 Å². The number of hydrogen-bond acceptors (Lipinski definition) is 5. The van der Waals surface area contributed by atoms with Gasteiger partial charge in [0.2, 0.25) is 0 Å². The van der Waals surface area contributed by atoms with Gasteiger partial charge in [-0.15, -0.1) is 0 Å². The molecule has 0 aromatic heterocycles. The highest BCUT2D eigenvalue weighted by Crippen LogP contribution is 2.43. The summed E-state index contributed by atoms with van der Waals surface area (Å²) in [5.41, 5.74) is 1.08. The minimum atomic E-state index is -0.744. The summed E-state index contributed by atoms with van der Waals surface area (Å²) in [7, 11) is 1.50. The summed E-state index contributed by atoms with van der Waals surface area (Å²) in [5.74, 6) is -0.570. The lowest BCUT2D eigenvalue weighted by Gasteiger charge is -2.27. The van der Waals surface area contributed by atoms with Gasteiger partial charge in [-0.1, -0.05) is 43.7 Å². The molecule has 6 nitrogen and oxygen atoms in total. The zero-order chi connectivity index (χ0) is 22.5. The van der Waals surface area contributed by atoms with Gasteiger partial charge in [-0.05, 0) is 38.5 Å². The summed E-state index contributed by atoms with van der Waals surface area (Å²) >= 11 is 0. The molecule has 2 aromatic carbocycles. The van der Waals surface area contributed by atoms with Crippen LogP contribution in [-0.4, -0.2) is 41.5 Å². The van der Waals surface area contributed by atoms with E-state index in [9.17, 15) is 14.7 Å². The summed E-state index contributed by atoms with van der Waals surface area (Å²) in [4.78, 5) is 27.6. The number of aliphatic hydroxyl groups is 1. The zero-order valence-corrected chi connectivity index (χ0v) is 18.4. The number of hydrogen-bond donors (Lipinski definition) is 1. The van der Waals surface area contributed by atoms with Crippen molar-refractivity contribution in [2.45, 2.75) is 45.8 Å². The van der Waals surface area contributed by atoms with E-state index < -0.39 is 17.7 Å². The number of para-hydroxylation sites is 2. The van der Waals surface area contributed by atoms with Gasteiger partial charge in [0.1, 0.15) is 17.3 Å². The minimum Gasteiger partial charge on any atom is -0.507 e. The van der Waals surface area contributed by atoms with E-state index in [0.29, 0.717) is 29.2 Å². The molecular formula is C25H29NO5. The van der Waals surface area contributed by atoms with Crippen LogP contribution in [-0.2, 0) is 9.59 Å². The molecule has 1 amide bonds. The average Bonchev–Trinajstić information content (AvgIpc) is 3.01. The van der Waals surface area contributed by atoms with Crippen LogP contribution in [0.3, 0.4) is 0 Å². The standard InChI is InChI=1S/C25H29NO5/c1-5-6-15-26-22(17-11-7-10-14-20(17)31-16(2)3)21(24(28)25(26)29)23(27)18-12-8-9-13-19(18)30-4/h7-14,16,22,27H,5-6,15H2,1-4H3/b23-21-. The highest BCUT2D eigenvalue weighted by Gasteiger charge is 2.47. The van der Waals surface area contributed by atoms with Crippen LogP contribution in [0.25, 0.3) is 5.76 Å². The minimum absolute atomic E-state index is 0.0467. The van der Waals surface area contributed by atoms with Crippen molar-refractivity contribution in [2.75, 3.05) is 13.7 Å². The molecule has 1 aliphatic rings. The molecule has 1 fully saturated rings. The van der Waals surface area contributed by atoms with Crippen LogP contribution in [0.4, 0.5) is 0 Å². The molecule has 0 saturated carbocycles. The number of ketones is 1. The summed E-state index contributed by atoms with van der Waals surface area (Å²) in [6.45, 7) is 6.26. The highest BCUT2D eigenvalue weighted by molar-refractivity contribution is 6.46. The number of benzene rings is 2. The van der Waals surface area contributed by atoms with Gasteiger partial charge in [-0.25, -0.2) is 0 Å². The molecule has 1 atom stereocenters. The van der Waals surface area contributed by atoms with Crippen molar-refractivity contribution < 1.29 is 24.2 Å². The highest BCUT2D eigenvalue weighted by atomic mass is 16.5. The molecule has 2 aromatic rings. The third kappa shape index (κ3) is 4.43. The second-order valence-electron chi connectivity index (χ2n) is 7.75. The van der Waals surface area contributed by atoms with E-state index >= 15 is 0 Å². The normalized spacial score (nSPS) is 18.0. The van der Waals surface area contributed by atoms with Crippen molar-refractivity contribution in [3.05, 3.63) is 65.2 Å². The molecule has 1 aliphatic heterocycles. The van der Waals surface area contributed by atoms with Gasteiger partial charge in [0.05, 0.1) is 30.4 Å². The first-order chi connectivity index (χ1) is 14.9. The van der Waals surface area contributed by atoms with Gasteiger partial charge in [0.25, 0.3) is 11.7 Å². The lowest BCUT2D eigenvalue weighted by molar-refractivity contribution is -0.139. The van der Waals surface area contributed by atoms with E-state index in [0.717, 1.165) is 12.8 Å². The number of methoxy groups -OCH3 is 1. The number of aliphatic hydroxyl groups excluding tert-OH is 1. The Bertz CT molecular complexity index is 995. The predicted molar refractivity (Wildman–Crippen MR) is 119 cm³/mol. The number of rotatable bonds is 8. The smallest absolute Gasteiger partial charge is 0.295 e. The second-order valence-corrected chi connectivity index (χ2v) is 7.75. The Hall–Kier alpha value is -3.28. The monoisotopic (exact) mass is 423 g/mol. The van der Waals surface area contributed by atoms with Crippen LogP contribution >= 0.6 is 0 Å². The van der Waals surface area contributed by atoms with Gasteiger partial charge >= 0.3 is 0 Å². The molecule has 0 spiro atoms. The molecule has 6 heteroatoms. The molecule has 0 radical (unpaired) electrons. The lowest BCUT2D eigenvalue weighted by atomic mass is 9.94. The number of nitrogens with zero attached hydrogens (tertiary/aromatic N) is 1. The molecule has 164 valence electrons. The maximum atomic E-state index is 13.1. The van der Waals surface area contributed by atoms with Crippen molar-refractivity contribution in [3.63, 3.8) is 0 Å². The summed E-state index contributed by atoms with van der Waals surface area (Å²) in [6, 6.07) is 13.5. The Labute approximate surface area is 183 Å². The maximum Gasteiger partial charge on any atom is 0.295 e. The number of Topliss-reactive ketones (excluding diaryl/α,β-unsaturated/α-hetero) is 1. The topological polar surface area (TPSA) is 76.1 Å². The Balaban J connectivity index is 2.24. The van der Waals surface area contributed by atoms with Crippen LogP contribution < -0.4 is 9.47 Å². The van der Waals surface area contributed by atoms with Crippen molar-refractivity contribution in [1.29, 1.82) is 0 Å². The van der Waals surface area contributed by atoms with Crippen molar-refractivity contribution in [2.24, 2.45) is 0 Å². The van der Waals surface area contributed by atoms with Crippen molar-refractivity contribution >= 4 is 17.4 Å². The largest absolute Gasteiger partial charge is 0.507 e. The SMILES string of the molecule is CCCCN1C(=O)C(=O)/C(=C(\O)c2ccccc2OC)C1c1ccccc1OC(C)C. The Kier molecular flexibility index (Phi) is 7.00. The number of carbonyl (C=O) groups excluding carboxylic acids is 2. The second kappa shape index (κ2) is 9.69. The predicted octanol–water partition coefficient (Wildman–Crippen LogP) is 4.70. The van der Waals surface area contributed by atoms with Crippen LogP contribution in [0.2, 0.25) is 0 Å². The molecular weight excluding hydrogens is 394 g/mol. The first kappa shape index (κ1) is 22.4. The molecule has 1 N–H and O–H groups in total. The number of unbranched alkanes of at least 4 members (excludes halogenated alkanes) is 1. The number of carbonyl (C=O) groups is 2. The Morgan fingerprint density at radius 1 is 1.06 bits per heavy atom. The Morgan fingerprint density at radius 2 is 1.71 bits per heavy atom. The molecule has 3 rings (SSSR count). The molecule has 0 aliphatic carbocycles. The lowest BCUT2D eigenvalue weighted by Crippen LogP contribution is -2.31. The molecule has 31 heavy (non-hydrogen) atoms.